The molecule has 1 unspecified atom stereocenters. The lowest BCUT2D eigenvalue weighted by Crippen LogP contribution is -2.32. The SMILES string of the molecule is O=C(CNCC1CCS(=O)(=O)C1)Nc1cccc(Br)c1. The van der Waals surface area contributed by atoms with Crippen LogP contribution in [0.4, 0.5) is 5.69 Å². The topological polar surface area (TPSA) is 75.3 Å². The average molecular weight is 361 g/mol. The van der Waals surface area contributed by atoms with Crippen molar-refractivity contribution < 1.29 is 13.2 Å². The molecule has 1 aromatic carbocycles. The van der Waals surface area contributed by atoms with Gasteiger partial charge in [0.2, 0.25) is 5.91 Å². The van der Waals surface area contributed by atoms with Crippen molar-refractivity contribution in [3.63, 3.8) is 0 Å². The van der Waals surface area contributed by atoms with E-state index in [0.29, 0.717) is 13.0 Å². The molecule has 0 bridgehead atoms. The van der Waals surface area contributed by atoms with Crippen LogP contribution in [-0.4, -0.2) is 38.9 Å². The molecular formula is C13H17BrN2O3S. The number of nitrogens with one attached hydrogen (secondary N) is 2. The van der Waals surface area contributed by atoms with Gasteiger partial charge in [-0.05, 0) is 37.1 Å². The number of sulfone groups is 1. The van der Waals surface area contributed by atoms with Gasteiger partial charge in [-0.15, -0.1) is 0 Å². The van der Waals surface area contributed by atoms with Crippen molar-refractivity contribution in [2.24, 2.45) is 5.92 Å². The molecule has 0 saturated carbocycles. The van der Waals surface area contributed by atoms with E-state index in [4.69, 9.17) is 0 Å². The summed E-state index contributed by atoms with van der Waals surface area (Å²) in [5, 5.41) is 5.79. The maximum Gasteiger partial charge on any atom is 0.238 e. The molecule has 1 fully saturated rings. The number of anilines is 1. The third-order valence-corrected chi connectivity index (χ3v) is 5.48. The van der Waals surface area contributed by atoms with E-state index in [0.717, 1.165) is 10.2 Å². The predicted molar refractivity (Wildman–Crippen MR) is 82.4 cm³/mol. The zero-order chi connectivity index (χ0) is 14.6. The normalized spacial score (nSPS) is 20.8. The molecule has 110 valence electrons. The molecule has 0 aromatic heterocycles. The van der Waals surface area contributed by atoms with Crippen molar-refractivity contribution in [2.75, 3.05) is 29.9 Å². The van der Waals surface area contributed by atoms with Crippen molar-refractivity contribution in [1.29, 1.82) is 0 Å². The number of rotatable bonds is 5. The highest BCUT2D eigenvalue weighted by Gasteiger charge is 2.27. The Morgan fingerprint density at radius 3 is 2.85 bits per heavy atom. The second kappa shape index (κ2) is 6.69. The summed E-state index contributed by atoms with van der Waals surface area (Å²) in [6.07, 6.45) is 0.683. The number of benzene rings is 1. The molecular weight excluding hydrogens is 344 g/mol. The molecule has 1 aromatic rings. The van der Waals surface area contributed by atoms with Crippen LogP contribution in [-0.2, 0) is 14.6 Å². The summed E-state index contributed by atoms with van der Waals surface area (Å²) in [5.74, 6) is 0.485. The van der Waals surface area contributed by atoms with Crippen LogP contribution in [0.25, 0.3) is 0 Å². The van der Waals surface area contributed by atoms with Gasteiger partial charge in [0, 0.05) is 10.2 Å². The Bertz CT molecular complexity index is 589. The van der Waals surface area contributed by atoms with Crippen LogP contribution in [0, 0.1) is 5.92 Å². The number of carbonyl (C=O) groups excluding carboxylic acids is 1. The van der Waals surface area contributed by atoms with Crippen LogP contribution >= 0.6 is 15.9 Å². The smallest absolute Gasteiger partial charge is 0.238 e. The lowest BCUT2D eigenvalue weighted by Gasteiger charge is -2.10. The van der Waals surface area contributed by atoms with Gasteiger partial charge in [-0.3, -0.25) is 4.79 Å². The van der Waals surface area contributed by atoms with Crippen molar-refractivity contribution >= 4 is 37.4 Å². The zero-order valence-electron chi connectivity index (χ0n) is 10.9. The molecule has 1 atom stereocenters. The van der Waals surface area contributed by atoms with E-state index < -0.39 is 9.84 Å². The van der Waals surface area contributed by atoms with E-state index in [1.807, 2.05) is 24.3 Å². The van der Waals surface area contributed by atoms with Gasteiger partial charge in [0.25, 0.3) is 0 Å². The molecule has 1 amide bonds. The molecule has 7 heteroatoms. The average Bonchev–Trinajstić information content (AvgIpc) is 2.69. The van der Waals surface area contributed by atoms with Gasteiger partial charge >= 0.3 is 0 Å². The molecule has 20 heavy (non-hydrogen) atoms. The van der Waals surface area contributed by atoms with Gasteiger partial charge in [-0.2, -0.15) is 0 Å². The summed E-state index contributed by atoms with van der Waals surface area (Å²) in [7, 11) is -2.85. The van der Waals surface area contributed by atoms with Gasteiger partial charge in [0.05, 0.1) is 18.1 Å². The molecule has 1 saturated heterocycles. The summed E-state index contributed by atoms with van der Waals surface area (Å²) >= 11 is 3.34. The van der Waals surface area contributed by atoms with Crippen LogP contribution in [0.2, 0.25) is 0 Å². The highest BCUT2D eigenvalue weighted by molar-refractivity contribution is 9.10. The number of hydrogen-bond donors (Lipinski definition) is 2. The molecule has 0 spiro atoms. The summed E-state index contributed by atoms with van der Waals surface area (Å²) in [6, 6.07) is 7.36. The first-order valence-corrected chi connectivity index (χ1v) is 9.02. The molecule has 2 rings (SSSR count). The lowest BCUT2D eigenvalue weighted by molar-refractivity contribution is -0.115. The minimum absolute atomic E-state index is 0.124. The summed E-state index contributed by atoms with van der Waals surface area (Å²) in [6.45, 7) is 0.744. The quantitative estimate of drug-likeness (QED) is 0.832. The third kappa shape index (κ3) is 4.88. The molecule has 0 aliphatic carbocycles. The molecule has 1 aliphatic rings. The van der Waals surface area contributed by atoms with Crippen LogP contribution in [0.1, 0.15) is 6.42 Å². The van der Waals surface area contributed by atoms with Crippen LogP contribution < -0.4 is 10.6 Å². The minimum atomic E-state index is -2.85. The van der Waals surface area contributed by atoms with Crippen LogP contribution in [0.5, 0.6) is 0 Å². The first-order valence-electron chi connectivity index (χ1n) is 6.41. The molecule has 2 N–H and O–H groups in total. The molecule has 5 nitrogen and oxygen atoms in total. The lowest BCUT2D eigenvalue weighted by atomic mass is 10.1. The number of amides is 1. The fourth-order valence-corrected chi connectivity index (χ4v) is 4.46. The van der Waals surface area contributed by atoms with E-state index >= 15 is 0 Å². The number of halogens is 1. The third-order valence-electron chi connectivity index (χ3n) is 3.15. The Morgan fingerprint density at radius 1 is 1.40 bits per heavy atom. The predicted octanol–water partition coefficient (Wildman–Crippen LogP) is 1.41. The van der Waals surface area contributed by atoms with Crippen molar-refractivity contribution in [1.82, 2.24) is 5.32 Å². The molecule has 1 aliphatic heterocycles. The van der Waals surface area contributed by atoms with E-state index in [-0.39, 0.29) is 29.9 Å². The summed E-state index contributed by atoms with van der Waals surface area (Å²) in [4.78, 5) is 11.7. The van der Waals surface area contributed by atoms with E-state index in [1.165, 1.54) is 0 Å². The fraction of sp³-hybridized carbons (Fsp3) is 0.462. The van der Waals surface area contributed by atoms with Gasteiger partial charge in [-0.1, -0.05) is 22.0 Å². The van der Waals surface area contributed by atoms with E-state index in [2.05, 4.69) is 26.6 Å². The maximum atomic E-state index is 11.7. The highest BCUT2D eigenvalue weighted by atomic mass is 79.9. The van der Waals surface area contributed by atoms with Crippen molar-refractivity contribution in [3.8, 4) is 0 Å². The Morgan fingerprint density at radius 2 is 2.20 bits per heavy atom. The minimum Gasteiger partial charge on any atom is -0.325 e. The second-order valence-electron chi connectivity index (χ2n) is 4.96. The summed E-state index contributed by atoms with van der Waals surface area (Å²) in [5.41, 5.74) is 0.731. The van der Waals surface area contributed by atoms with E-state index in [9.17, 15) is 13.2 Å². The Balaban J connectivity index is 1.71. The highest BCUT2D eigenvalue weighted by Crippen LogP contribution is 2.17. The summed E-state index contributed by atoms with van der Waals surface area (Å²) < 4.78 is 23.5. The molecule has 1 heterocycles. The number of hydrogen-bond acceptors (Lipinski definition) is 4. The van der Waals surface area contributed by atoms with E-state index in [1.54, 1.807) is 0 Å². The Labute approximate surface area is 127 Å². The maximum absolute atomic E-state index is 11.7. The zero-order valence-corrected chi connectivity index (χ0v) is 13.3. The Kier molecular flexibility index (Phi) is 5.17. The van der Waals surface area contributed by atoms with Gasteiger partial charge < -0.3 is 10.6 Å². The first kappa shape index (κ1) is 15.5. The van der Waals surface area contributed by atoms with Crippen LogP contribution in [0.3, 0.4) is 0 Å². The number of carbonyl (C=O) groups is 1. The van der Waals surface area contributed by atoms with Gasteiger partial charge in [0.1, 0.15) is 0 Å². The van der Waals surface area contributed by atoms with Crippen molar-refractivity contribution in [3.05, 3.63) is 28.7 Å². The second-order valence-corrected chi connectivity index (χ2v) is 8.10. The van der Waals surface area contributed by atoms with Crippen molar-refractivity contribution in [2.45, 2.75) is 6.42 Å². The van der Waals surface area contributed by atoms with Gasteiger partial charge in [0.15, 0.2) is 9.84 Å². The Hall–Kier alpha value is -0.920. The molecule has 0 radical (unpaired) electrons. The standard InChI is InChI=1S/C13H17BrN2O3S/c14-11-2-1-3-12(6-11)16-13(17)8-15-7-10-4-5-20(18,19)9-10/h1-3,6,10,15H,4-5,7-9H2,(H,16,17). The monoisotopic (exact) mass is 360 g/mol. The van der Waals surface area contributed by atoms with Crippen LogP contribution in [0.15, 0.2) is 28.7 Å². The first-order chi connectivity index (χ1) is 9.44. The fourth-order valence-electron chi connectivity index (χ4n) is 2.19. The van der Waals surface area contributed by atoms with Gasteiger partial charge in [-0.25, -0.2) is 8.42 Å². The largest absolute Gasteiger partial charge is 0.325 e.